The van der Waals surface area contributed by atoms with Crippen LogP contribution >= 0.6 is 0 Å². The zero-order valence-electron chi connectivity index (χ0n) is 12.4. The molecule has 0 bridgehead atoms. The fourth-order valence-electron chi connectivity index (χ4n) is 1.95. The van der Waals surface area contributed by atoms with E-state index in [1.807, 2.05) is 0 Å². The van der Waals surface area contributed by atoms with Crippen molar-refractivity contribution in [2.24, 2.45) is 0 Å². The minimum absolute atomic E-state index is 0.0781. The van der Waals surface area contributed by atoms with Gasteiger partial charge in [0.2, 0.25) is 0 Å². The van der Waals surface area contributed by atoms with E-state index in [0.29, 0.717) is 5.69 Å². The molecule has 9 heteroatoms. The number of halogens is 3. The van der Waals surface area contributed by atoms with E-state index in [9.17, 15) is 13.2 Å². The molecule has 2 heterocycles. The molecule has 3 aromatic rings. The third kappa shape index (κ3) is 3.45. The summed E-state index contributed by atoms with van der Waals surface area (Å²) in [6, 6.07) is 3.34. The number of methoxy groups -OCH3 is 1. The van der Waals surface area contributed by atoms with E-state index >= 15 is 0 Å². The highest BCUT2D eigenvalue weighted by molar-refractivity contribution is 5.61. The lowest BCUT2D eigenvalue weighted by molar-refractivity contribution is -0.137. The molecule has 3 rings (SSSR count). The Kier molecular flexibility index (Phi) is 4.07. The number of ether oxygens (including phenoxy) is 1. The number of alkyl halides is 3. The summed E-state index contributed by atoms with van der Waals surface area (Å²) < 4.78 is 50.0. The summed E-state index contributed by atoms with van der Waals surface area (Å²) in [4.78, 5) is 7.92. The summed E-state index contributed by atoms with van der Waals surface area (Å²) in [6.45, 7) is 0. The van der Waals surface area contributed by atoms with Crippen molar-refractivity contribution in [3.05, 3.63) is 48.4 Å². The second-order valence-electron chi connectivity index (χ2n) is 4.73. The predicted molar refractivity (Wildman–Crippen MR) is 78.7 cm³/mol. The summed E-state index contributed by atoms with van der Waals surface area (Å²) in [7, 11) is 1.30. The van der Waals surface area contributed by atoms with Gasteiger partial charge < -0.3 is 9.15 Å². The molecule has 0 aliphatic carbocycles. The lowest BCUT2D eigenvalue weighted by atomic mass is 10.1. The fraction of sp³-hybridized carbons (Fsp3) is 0.133. The Balaban J connectivity index is 1.92. The first-order chi connectivity index (χ1) is 11.5. The Hall–Kier alpha value is -3.10. The van der Waals surface area contributed by atoms with E-state index in [-0.39, 0.29) is 17.1 Å². The van der Waals surface area contributed by atoms with E-state index in [2.05, 4.69) is 15.1 Å². The van der Waals surface area contributed by atoms with Gasteiger partial charge in [-0.15, -0.1) is 5.10 Å². The predicted octanol–water partition coefficient (Wildman–Crippen LogP) is 3.59. The largest absolute Gasteiger partial charge is 0.497 e. The third-order valence-corrected chi connectivity index (χ3v) is 3.09. The Morgan fingerprint density at radius 3 is 2.71 bits per heavy atom. The molecule has 0 fully saturated rings. The molecule has 0 spiro atoms. The van der Waals surface area contributed by atoms with Gasteiger partial charge in [-0.1, -0.05) is 0 Å². The molecule has 6 nitrogen and oxygen atoms in total. The maximum Gasteiger partial charge on any atom is 0.416 e. The van der Waals surface area contributed by atoms with Crippen LogP contribution in [0.25, 0.3) is 23.7 Å². The maximum absolute atomic E-state index is 13.0. The molecular formula is C15H11F3N4O2. The SMILES string of the molecule is COc1cc(-c2ncn(C=Cc3cocn3)n2)cc(C(F)(F)F)c1. The topological polar surface area (TPSA) is 66.0 Å². The number of hydrogen-bond donors (Lipinski definition) is 0. The van der Waals surface area contributed by atoms with Crippen LogP contribution in [-0.4, -0.2) is 26.9 Å². The number of rotatable bonds is 4. The summed E-state index contributed by atoms with van der Waals surface area (Å²) in [5.41, 5.74) is -0.0469. The highest BCUT2D eigenvalue weighted by atomic mass is 19.4. The van der Waals surface area contributed by atoms with E-state index in [1.54, 1.807) is 12.3 Å². The van der Waals surface area contributed by atoms with Crippen LogP contribution in [-0.2, 0) is 6.18 Å². The summed E-state index contributed by atoms with van der Waals surface area (Å²) in [6.07, 6.45) is 2.78. The molecule has 2 aromatic heterocycles. The van der Waals surface area contributed by atoms with Crippen LogP contribution < -0.4 is 4.74 Å². The zero-order valence-corrected chi connectivity index (χ0v) is 12.4. The monoisotopic (exact) mass is 336 g/mol. The molecule has 0 atom stereocenters. The van der Waals surface area contributed by atoms with Crippen molar-refractivity contribution in [1.82, 2.24) is 19.7 Å². The van der Waals surface area contributed by atoms with Crippen molar-refractivity contribution < 1.29 is 22.3 Å². The molecule has 24 heavy (non-hydrogen) atoms. The molecule has 0 saturated heterocycles. The Labute approximate surface area is 134 Å². The second-order valence-corrected chi connectivity index (χ2v) is 4.73. The smallest absolute Gasteiger partial charge is 0.416 e. The molecule has 0 aliphatic rings. The summed E-state index contributed by atoms with van der Waals surface area (Å²) in [5.74, 6) is 0.221. The first-order valence-corrected chi connectivity index (χ1v) is 6.70. The highest BCUT2D eigenvalue weighted by Crippen LogP contribution is 2.34. The van der Waals surface area contributed by atoms with Gasteiger partial charge in [-0.2, -0.15) is 13.2 Å². The van der Waals surface area contributed by atoms with Gasteiger partial charge in [-0.05, 0) is 24.3 Å². The van der Waals surface area contributed by atoms with Gasteiger partial charge in [0.05, 0.1) is 12.7 Å². The van der Waals surface area contributed by atoms with Crippen molar-refractivity contribution >= 4 is 12.3 Å². The quantitative estimate of drug-likeness (QED) is 0.728. The van der Waals surface area contributed by atoms with Crippen molar-refractivity contribution in [3.63, 3.8) is 0 Å². The Morgan fingerprint density at radius 1 is 1.21 bits per heavy atom. The third-order valence-electron chi connectivity index (χ3n) is 3.09. The number of benzene rings is 1. The molecule has 0 unspecified atom stereocenters. The maximum atomic E-state index is 13.0. The van der Waals surface area contributed by atoms with Gasteiger partial charge in [0, 0.05) is 11.8 Å². The van der Waals surface area contributed by atoms with Gasteiger partial charge in [0.25, 0.3) is 0 Å². The number of oxazole rings is 1. The van der Waals surface area contributed by atoms with Crippen LogP contribution in [0.15, 0.2) is 41.6 Å². The van der Waals surface area contributed by atoms with Gasteiger partial charge in [-0.3, -0.25) is 0 Å². The Bertz CT molecular complexity index is 854. The number of aromatic nitrogens is 4. The fourth-order valence-corrected chi connectivity index (χ4v) is 1.95. The average Bonchev–Trinajstić information content (AvgIpc) is 3.23. The lowest BCUT2D eigenvalue weighted by Crippen LogP contribution is -2.05. The summed E-state index contributed by atoms with van der Waals surface area (Å²) in [5, 5.41) is 4.12. The normalized spacial score (nSPS) is 12.0. The van der Waals surface area contributed by atoms with Crippen molar-refractivity contribution in [2.45, 2.75) is 6.18 Å². The number of hydrogen-bond acceptors (Lipinski definition) is 5. The average molecular weight is 336 g/mol. The minimum atomic E-state index is -4.49. The van der Waals surface area contributed by atoms with E-state index in [1.165, 1.54) is 36.8 Å². The van der Waals surface area contributed by atoms with E-state index < -0.39 is 11.7 Å². The summed E-state index contributed by atoms with van der Waals surface area (Å²) >= 11 is 0. The van der Waals surface area contributed by atoms with Crippen LogP contribution in [0.3, 0.4) is 0 Å². The highest BCUT2D eigenvalue weighted by Gasteiger charge is 2.31. The van der Waals surface area contributed by atoms with Crippen molar-refractivity contribution in [1.29, 1.82) is 0 Å². The molecule has 0 radical (unpaired) electrons. The first kappa shape index (κ1) is 15.8. The standard InChI is InChI=1S/C15H11F3N4O2/c1-23-13-5-10(4-11(6-13)15(16,17)18)14-19-8-22(21-14)3-2-12-7-24-9-20-12/h2-9H,1H3. The minimum Gasteiger partial charge on any atom is -0.497 e. The van der Waals surface area contributed by atoms with Gasteiger partial charge >= 0.3 is 6.18 Å². The van der Waals surface area contributed by atoms with Crippen LogP contribution in [0.4, 0.5) is 13.2 Å². The lowest BCUT2D eigenvalue weighted by Gasteiger charge is -2.10. The van der Waals surface area contributed by atoms with Crippen molar-refractivity contribution in [2.75, 3.05) is 7.11 Å². The van der Waals surface area contributed by atoms with Crippen LogP contribution in [0.1, 0.15) is 11.3 Å². The van der Waals surface area contributed by atoms with Gasteiger partial charge in [0.1, 0.15) is 24.0 Å². The van der Waals surface area contributed by atoms with Crippen LogP contribution in [0.5, 0.6) is 5.75 Å². The van der Waals surface area contributed by atoms with Gasteiger partial charge in [0.15, 0.2) is 12.2 Å². The van der Waals surface area contributed by atoms with E-state index in [4.69, 9.17) is 9.15 Å². The van der Waals surface area contributed by atoms with Gasteiger partial charge in [-0.25, -0.2) is 14.6 Å². The molecule has 0 N–H and O–H groups in total. The molecule has 0 aliphatic heterocycles. The second kappa shape index (κ2) is 6.19. The number of nitrogens with zero attached hydrogens (tertiary/aromatic N) is 4. The Morgan fingerprint density at radius 2 is 2.04 bits per heavy atom. The molecular weight excluding hydrogens is 325 g/mol. The molecule has 0 amide bonds. The van der Waals surface area contributed by atoms with Crippen LogP contribution in [0, 0.1) is 0 Å². The molecule has 1 aromatic carbocycles. The zero-order chi connectivity index (χ0) is 17.2. The van der Waals surface area contributed by atoms with Crippen LogP contribution in [0.2, 0.25) is 0 Å². The molecule has 0 saturated carbocycles. The first-order valence-electron chi connectivity index (χ1n) is 6.70. The molecule has 124 valence electrons. The van der Waals surface area contributed by atoms with Crippen molar-refractivity contribution in [3.8, 4) is 17.1 Å². The van der Waals surface area contributed by atoms with E-state index in [0.717, 1.165) is 12.1 Å².